The van der Waals surface area contributed by atoms with Gasteiger partial charge < -0.3 is 5.11 Å². The number of nitrogens with zero attached hydrogens (tertiary/aromatic N) is 1. The molecule has 0 aliphatic heterocycles. The second-order valence-electron chi connectivity index (χ2n) is 4.07. The highest BCUT2D eigenvalue weighted by Gasteiger charge is 2.18. The predicted molar refractivity (Wildman–Crippen MR) is 67.0 cm³/mol. The zero-order chi connectivity index (χ0) is 14.7. The second kappa shape index (κ2) is 5.64. The maximum atomic E-state index is 13.6. The third kappa shape index (κ3) is 2.90. The number of rotatable bonds is 3. The molecule has 0 aliphatic carbocycles. The first-order valence-electron chi connectivity index (χ1n) is 5.68. The van der Waals surface area contributed by atoms with Gasteiger partial charge in [0.05, 0.1) is 12.2 Å². The highest BCUT2D eigenvalue weighted by Crippen LogP contribution is 2.21. The smallest absolute Gasteiger partial charge is 0.412 e. The number of amides is 1. The van der Waals surface area contributed by atoms with Crippen LogP contribution in [0.4, 0.5) is 23.7 Å². The minimum Gasteiger partial charge on any atom is -0.465 e. The van der Waals surface area contributed by atoms with Gasteiger partial charge in [-0.25, -0.2) is 18.0 Å². The Bertz CT molecular complexity index is 646. The average molecular weight is 281 g/mol. The largest absolute Gasteiger partial charge is 0.465 e. The molecule has 2 aromatic carbocycles. The summed E-state index contributed by atoms with van der Waals surface area (Å²) in [6.45, 7) is -0.284. The van der Waals surface area contributed by atoms with E-state index in [0.29, 0.717) is 0 Å². The van der Waals surface area contributed by atoms with Crippen LogP contribution in [0.5, 0.6) is 0 Å². The summed E-state index contributed by atoms with van der Waals surface area (Å²) in [7, 11) is 0. The van der Waals surface area contributed by atoms with Gasteiger partial charge in [0.15, 0.2) is 11.6 Å². The van der Waals surface area contributed by atoms with Crippen molar-refractivity contribution >= 4 is 11.8 Å². The minimum absolute atomic E-state index is 0.148. The number of benzene rings is 2. The van der Waals surface area contributed by atoms with Gasteiger partial charge in [0.25, 0.3) is 0 Å². The van der Waals surface area contributed by atoms with E-state index >= 15 is 0 Å². The van der Waals surface area contributed by atoms with Gasteiger partial charge in [0, 0.05) is 0 Å². The van der Waals surface area contributed by atoms with E-state index in [9.17, 15) is 18.0 Å². The molecular weight excluding hydrogens is 271 g/mol. The van der Waals surface area contributed by atoms with Crippen LogP contribution in [-0.2, 0) is 6.54 Å². The van der Waals surface area contributed by atoms with Crippen LogP contribution < -0.4 is 4.90 Å². The molecule has 104 valence electrons. The van der Waals surface area contributed by atoms with Crippen LogP contribution in [0.1, 0.15) is 5.56 Å². The number of para-hydroxylation sites is 1. The monoisotopic (exact) mass is 281 g/mol. The molecule has 0 saturated carbocycles. The highest BCUT2D eigenvalue weighted by molar-refractivity contribution is 5.86. The van der Waals surface area contributed by atoms with Crippen LogP contribution in [0, 0.1) is 17.5 Å². The maximum absolute atomic E-state index is 13.6. The molecule has 0 bridgehead atoms. The van der Waals surface area contributed by atoms with Gasteiger partial charge in [-0.15, -0.1) is 0 Å². The van der Waals surface area contributed by atoms with E-state index in [4.69, 9.17) is 5.11 Å². The summed E-state index contributed by atoms with van der Waals surface area (Å²) >= 11 is 0. The van der Waals surface area contributed by atoms with Gasteiger partial charge in [-0.1, -0.05) is 18.2 Å². The molecule has 2 rings (SSSR count). The standard InChI is InChI=1S/C14H10F3NO2/c15-10-6-5-9(7-12(10)17)8-18(14(19)20)13-4-2-1-3-11(13)16/h1-7H,8H2,(H,19,20). The average Bonchev–Trinajstić information content (AvgIpc) is 2.41. The molecule has 0 atom stereocenters. The van der Waals surface area contributed by atoms with E-state index in [-0.39, 0.29) is 17.8 Å². The van der Waals surface area contributed by atoms with Gasteiger partial charge >= 0.3 is 6.09 Å². The Morgan fingerprint density at radius 1 is 1.00 bits per heavy atom. The lowest BCUT2D eigenvalue weighted by molar-refractivity contribution is 0.201. The van der Waals surface area contributed by atoms with Gasteiger partial charge in [-0.2, -0.15) is 0 Å². The molecular formula is C14H10F3NO2. The summed E-state index contributed by atoms with van der Waals surface area (Å²) in [5, 5.41) is 9.13. The van der Waals surface area contributed by atoms with Crippen molar-refractivity contribution in [2.24, 2.45) is 0 Å². The molecule has 0 heterocycles. The highest BCUT2D eigenvalue weighted by atomic mass is 19.2. The first-order valence-corrected chi connectivity index (χ1v) is 5.68. The lowest BCUT2D eigenvalue weighted by Crippen LogP contribution is -2.29. The molecule has 1 N–H and O–H groups in total. The van der Waals surface area contributed by atoms with E-state index < -0.39 is 23.5 Å². The molecule has 2 aromatic rings. The Morgan fingerprint density at radius 3 is 2.30 bits per heavy atom. The van der Waals surface area contributed by atoms with E-state index in [1.54, 1.807) is 0 Å². The molecule has 0 radical (unpaired) electrons. The second-order valence-corrected chi connectivity index (χ2v) is 4.07. The molecule has 20 heavy (non-hydrogen) atoms. The third-order valence-corrected chi connectivity index (χ3v) is 2.70. The van der Waals surface area contributed by atoms with Gasteiger partial charge in [-0.3, -0.25) is 4.90 Å². The molecule has 0 aliphatic rings. The zero-order valence-corrected chi connectivity index (χ0v) is 10.2. The lowest BCUT2D eigenvalue weighted by Gasteiger charge is -2.20. The fourth-order valence-electron chi connectivity index (χ4n) is 1.75. The summed E-state index contributed by atoms with van der Waals surface area (Å²) in [5.41, 5.74) is 0.0688. The number of hydrogen-bond donors (Lipinski definition) is 1. The topological polar surface area (TPSA) is 40.5 Å². The predicted octanol–water partition coefficient (Wildman–Crippen LogP) is 3.79. The summed E-state index contributed by atoms with van der Waals surface area (Å²) in [6, 6.07) is 8.35. The Kier molecular flexibility index (Phi) is 3.93. The minimum atomic E-state index is -1.39. The van der Waals surface area contributed by atoms with Crippen LogP contribution >= 0.6 is 0 Å². The summed E-state index contributed by atoms with van der Waals surface area (Å²) in [4.78, 5) is 11.9. The number of halogens is 3. The van der Waals surface area contributed by atoms with E-state index in [2.05, 4.69) is 0 Å². The Labute approximate surface area is 112 Å². The Morgan fingerprint density at radius 2 is 1.70 bits per heavy atom. The summed E-state index contributed by atoms with van der Waals surface area (Å²) in [6.07, 6.45) is -1.39. The van der Waals surface area contributed by atoms with Gasteiger partial charge in [0.2, 0.25) is 0 Å². The van der Waals surface area contributed by atoms with Crippen molar-refractivity contribution < 1.29 is 23.1 Å². The van der Waals surface area contributed by atoms with Crippen molar-refractivity contribution in [3.8, 4) is 0 Å². The molecule has 6 heteroatoms. The first kappa shape index (κ1) is 13.9. The molecule has 0 unspecified atom stereocenters. The van der Waals surface area contributed by atoms with Crippen LogP contribution in [0.25, 0.3) is 0 Å². The molecule has 1 amide bonds. The van der Waals surface area contributed by atoms with Crippen LogP contribution in [0.15, 0.2) is 42.5 Å². The number of carboxylic acid groups (broad SMARTS) is 1. The Hall–Kier alpha value is -2.50. The summed E-state index contributed by atoms with van der Waals surface area (Å²) < 4.78 is 39.5. The van der Waals surface area contributed by atoms with Crippen LogP contribution in [0.3, 0.4) is 0 Å². The first-order chi connectivity index (χ1) is 9.49. The van der Waals surface area contributed by atoms with Crippen LogP contribution in [-0.4, -0.2) is 11.2 Å². The molecule has 0 aromatic heterocycles. The molecule has 3 nitrogen and oxygen atoms in total. The van der Waals surface area contributed by atoms with E-state index in [1.807, 2.05) is 0 Å². The number of carbonyl (C=O) groups is 1. The van der Waals surface area contributed by atoms with Crippen molar-refractivity contribution in [3.63, 3.8) is 0 Å². The van der Waals surface area contributed by atoms with Crippen molar-refractivity contribution in [3.05, 3.63) is 65.5 Å². The molecule has 0 saturated heterocycles. The third-order valence-electron chi connectivity index (χ3n) is 2.70. The van der Waals surface area contributed by atoms with Crippen molar-refractivity contribution in [2.75, 3.05) is 4.90 Å². The van der Waals surface area contributed by atoms with Crippen molar-refractivity contribution in [1.29, 1.82) is 0 Å². The normalized spacial score (nSPS) is 10.3. The number of hydrogen-bond acceptors (Lipinski definition) is 1. The molecule has 0 spiro atoms. The zero-order valence-electron chi connectivity index (χ0n) is 10.2. The van der Waals surface area contributed by atoms with Crippen molar-refractivity contribution in [1.82, 2.24) is 0 Å². The van der Waals surface area contributed by atoms with Gasteiger partial charge in [-0.05, 0) is 29.8 Å². The van der Waals surface area contributed by atoms with Crippen molar-refractivity contribution in [2.45, 2.75) is 6.54 Å². The fourth-order valence-corrected chi connectivity index (χ4v) is 1.75. The maximum Gasteiger partial charge on any atom is 0.412 e. The van der Waals surface area contributed by atoms with E-state index in [1.165, 1.54) is 24.3 Å². The lowest BCUT2D eigenvalue weighted by atomic mass is 10.2. The fraction of sp³-hybridized carbons (Fsp3) is 0.0714. The summed E-state index contributed by atoms with van der Waals surface area (Å²) in [5.74, 6) is -2.82. The van der Waals surface area contributed by atoms with E-state index in [0.717, 1.165) is 23.1 Å². The number of anilines is 1. The molecule has 0 fully saturated rings. The SMILES string of the molecule is O=C(O)N(Cc1ccc(F)c(F)c1)c1ccccc1F. The Balaban J connectivity index is 2.33. The quantitative estimate of drug-likeness (QED) is 0.929. The van der Waals surface area contributed by atoms with Gasteiger partial charge in [0.1, 0.15) is 5.82 Å². The van der Waals surface area contributed by atoms with Crippen LogP contribution in [0.2, 0.25) is 0 Å².